The van der Waals surface area contributed by atoms with Gasteiger partial charge < -0.3 is 5.32 Å². The van der Waals surface area contributed by atoms with Crippen molar-refractivity contribution in [3.8, 4) is 0 Å². The van der Waals surface area contributed by atoms with E-state index in [4.69, 9.17) is 0 Å². The molecule has 4 nitrogen and oxygen atoms in total. The molecule has 1 aromatic heterocycles. The number of benzene rings is 1. The predicted octanol–water partition coefficient (Wildman–Crippen LogP) is 2.86. The molecular weight excluding hydrogens is 224 g/mol. The average Bonchev–Trinajstić information content (AvgIpc) is 2.86. The Bertz CT molecular complexity index is 473. The van der Waals surface area contributed by atoms with Crippen molar-refractivity contribution in [2.24, 2.45) is 0 Å². The molecule has 0 spiro atoms. The Balaban J connectivity index is 1.94. The first-order valence-electron chi connectivity index (χ1n) is 6.53. The third-order valence-corrected chi connectivity index (χ3v) is 2.94. The summed E-state index contributed by atoms with van der Waals surface area (Å²) in [5.41, 5.74) is 2.51. The van der Waals surface area contributed by atoms with Gasteiger partial charge in [0.1, 0.15) is 12.2 Å². The van der Waals surface area contributed by atoms with E-state index in [-0.39, 0.29) is 0 Å². The van der Waals surface area contributed by atoms with Gasteiger partial charge in [-0.05, 0) is 31.0 Å². The third kappa shape index (κ3) is 3.09. The van der Waals surface area contributed by atoms with E-state index in [1.54, 1.807) is 6.33 Å². The quantitative estimate of drug-likeness (QED) is 0.849. The van der Waals surface area contributed by atoms with Crippen LogP contribution in [0.2, 0.25) is 0 Å². The van der Waals surface area contributed by atoms with E-state index in [1.165, 1.54) is 12.0 Å². The van der Waals surface area contributed by atoms with Gasteiger partial charge in [-0.1, -0.05) is 25.5 Å². The highest BCUT2D eigenvalue weighted by Crippen LogP contribution is 2.11. The van der Waals surface area contributed by atoms with Gasteiger partial charge in [-0.15, -0.1) is 0 Å². The zero-order chi connectivity index (χ0) is 12.8. The van der Waals surface area contributed by atoms with Crippen molar-refractivity contribution in [2.75, 3.05) is 5.32 Å². The SMILES string of the molecule is CCCc1ccc(NCc2ncnn2CC)cc1. The molecule has 0 atom stereocenters. The van der Waals surface area contributed by atoms with Gasteiger partial charge in [0.25, 0.3) is 0 Å². The van der Waals surface area contributed by atoms with Gasteiger partial charge in [0.05, 0.1) is 6.54 Å². The minimum absolute atomic E-state index is 0.709. The van der Waals surface area contributed by atoms with Gasteiger partial charge in [-0.2, -0.15) is 5.10 Å². The summed E-state index contributed by atoms with van der Waals surface area (Å²) in [6.45, 7) is 5.83. The molecule has 4 heteroatoms. The summed E-state index contributed by atoms with van der Waals surface area (Å²) in [7, 11) is 0. The Morgan fingerprint density at radius 1 is 1.17 bits per heavy atom. The first-order chi connectivity index (χ1) is 8.83. The molecule has 0 aliphatic heterocycles. The van der Waals surface area contributed by atoms with Crippen LogP contribution in [0.1, 0.15) is 31.7 Å². The molecule has 0 radical (unpaired) electrons. The molecule has 1 heterocycles. The van der Waals surface area contributed by atoms with Crippen molar-refractivity contribution in [2.45, 2.75) is 39.8 Å². The maximum absolute atomic E-state index is 4.24. The average molecular weight is 244 g/mol. The molecule has 0 bridgehead atoms. The van der Waals surface area contributed by atoms with E-state index in [0.717, 1.165) is 24.5 Å². The molecule has 0 aliphatic rings. The van der Waals surface area contributed by atoms with E-state index in [9.17, 15) is 0 Å². The summed E-state index contributed by atoms with van der Waals surface area (Å²) in [6.07, 6.45) is 3.93. The summed E-state index contributed by atoms with van der Waals surface area (Å²) in [5, 5.41) is 7.52. The first-order valence-corrected chi connectivity index (χ1v) is 6.53. The van der Waals surface area contributed by atoms with Crippen molar-refractivity contribution in [1.82, 2.24) is 14.8 Å². The summed E-state index contributed by atoms with van der Waals surface area (Å²) >= 11 is 0. The highest BCUT2D eigenvalue weighted by atomic mass is 15.3. The maximum Gasteiger partial charge on any atom is 0.146 e. The van der Waals surface area contributed by atoms with E-state index in [0.29, 0.717) is 6.54 Å². The highest BCUT2D eigenvalue weighted by molar-refractivity contribution is 5.44. The Kier molecular flexibility index (Phi) is 4.34. The fourth-order valence-corrected chi connectivity index (χ4v) is 1.95. The Labute approximate surface area is 108 Å². The minimum Gasteiger partial charge on any atom is -0.378 e. The van der Waals surface area contributed by atoms with Crippen molar-refractivity contribution < 1.29 is 0 Å². The van der Waals surface area contributed by atoms with Crippen LogP contribution in [-0.2, 0) is 19.5 Å². The van der Waals surface area contributed by atoms with Crippen molar-refractivity contribution >= 4 is 5.69 Å². The molecule has 96 valence electrons. The molecule has 0 saturated heterocycles. The number of aromatic nitrogens is 3. The largest absolute Gasteiger partial charge is 0.378 e. The minimum atomic E-state index is 0.709. The summed E-state index contributed by atoms with van der Waals surface area (Å²) in [6, 6.07) is 8.60. The molecule has 0 aliphatic carbocycles. The fraction of sp³-hybridized carbons (Fsp3) is 0.429. The van der Waals surface area contributed by atoms with E-state index in [2.05, 4.69) is 53.5 Å². The van der Waals surface area contributed by atoms with Crippen molar-refractivity contribution in [1.29, 1.82) is 0 Å². The van der Waals surface area contributed by atoms with Crippen LogP contribution >= 0.6 is 0 Å². The number of nitrogens with zero attached hydrogens (tertiary/aromatic N) is 3. The lowest BCUT2D eigenvalue weighted by Gasteiger charge is -2.07. The van der Waals surface area contributed by atoms with Gasteiger partial charge in [-0.3, -0.25) is 0 Å². The van der Waals surface area contributed by atoms with Gasteiger partial charge in [0.2, 0.25) is 0 Å². The zero-order valence-corrected chi connectivity index (χ0v) is 11.1. The highest BCUT2D eigenvalue weighted by Gasteiger charge is 2.01. The molecule has 18 heavy (non-hydrogen) atoms. The van der Waals surface area contributed by atoms with Crippen molar-refractivity contribution in [3.05, 3.63) is 42.0 Å². The number of hydrogen-bond donors (Lipinski definition) is 1. The van der Waals surface area contributed by atoms with Crippen LogP contribution in [-0.4, -0.2) is 14.8 Å². The molecule has 1 aromatic carbocycles. The van der Waals surface area contributed by atoms with Crippen LogP contribution in [0.4, 0.5) is 5.69 Å². The lowest BCUT2D eigenvalue weighted by Crippen LogP contribution is -2.09. The van der Waals surface area contributed by atoms with E-state index < -0.39 is 0 Å². The lowest BCUT2D eigenvalue weighted by molar-refractivity contribution is 0.622. The Morgan fingerprint density at radius 3 is 2.61 bits per heavy atom. The number of anilines is 1. The Hall–Kier alpha value is -1.84. The molecule has 1 N–H and O–H groups in total. The van der Waals surface area contributed by atoms with Crippen LogP contribution in [0, 0.1) is 0 Å². The Morgan fingerprint density at radius 2 is 1.94 bits per heavy atom. The summed E-state index contributed by atoms with van der Waals surface area (Å²) in [4.78, 5) is 4.24. The van der Waals surface area contributed by atoms with Gasteiger partial charge in [0, 0.05) is 12.2 Å². The number of aryl methyl sites for hydroxylation is 2. The maximum atomic E-state index is 4.24. The number of nitrogens with one attached hydrogen (secondary N) is 1. The fourth-order valence-electron chi connectivity index (χ4n) is 1.95. The van der Waals surface area contributed by atoms with Gasteiger partial charge >= 0.3 is 0 Å². The summed E-state index contributed by atoms with van der Waals surface area (Å²) < 4.78 is 1.90. The molecular formula is C14H20N4. The smallest absolute Gasteiger partial charge is 0.146 e. The van der Waals surface area contributed by atoms with E-state index >= 15 is 0 Å². The normalized spacial score (nSPS) is 10.6. The predicted molar refractivity (Wildman–Crippen MR) is 73.5 cm³/mol. The van der Waals surface area contributed by atoms with Crippen LogP contribution in [0.25, 0.3) is 0 Å². The standard InChI is InChI=1S/C14H20N4/c1-3-5-12-6-8-13(9-7-12)15-10-14-16-11-17-18(14)4-2/h6-9,11,15H,3-5,10H2,1-2H3. The monoisotopic (exact) mass is 244 g/mol. The van der Waals surface area contributed by atoms with Crippen LogP contribution in [0.5, 0.6) is 0 Å². The molecule has 0 unspecified atom stereocenters. The molecule has 0 saturated carbocycles. The van der Waals surface area contributed by atoms with Crippen molar-refractivity contribution in [3.63, 3.8) is 0 Å². The number of rotatable bonds is 6. The first kappa shape index (κ1) is 12.6. The summed E-state index contributed by atoms with van der Waals surface area (Å²) in [5.74, 6) is 0.968. The second-order valence-corrected chi connectivity index (χ2v) is 4.29. The van der Waals surface area contributed by atoms with Crippen LogP contribution in [0.15, 0.2) is 30.6 Å². The van der Waals surface area contributed by atoms with Crippen LogP contribution in [0.3, 0.4) is 0 Å². The molecule has 2 aromatic rings. The zero-order valence-electron chi connectivity index (χ0n) is 11.1. The molecule has 0 amide bonds. The number of hydrogen-bond acceptors (Lipinski definition) is 3. The van der Waals surface area contributed by atoms with Gasteiger partial charge in [-0.25, -0.2) is 9.67 Å². The third-order valence-electron chi connectivity index (χ3n) is 2.94. The second kappa shape index (κ2) is 6.19. The van der Waals surface area contributed by atoms with Gasteiger partial charge in [0.15, 0.2) is 0 Å². The molecule has 2 rings (SSSR count). The van der Waals surface area contributed by atoms with E-state index in [1.807, 2.05) is 4.68 Å². The van der Waals surface area contributed by atoms with Crippen LogP contribution < -0.4 is 5.32 Å². The topological polar surface area (TPSA) is 42.7 Å². The second-order valence-electron chi connectivity index (χ2n) is 4.29. The molecule has 0 fully saturated rings. The lowest BCUT2D eigenvalue weighted by atomic mass is 10.1.